The fraction of sp³-hybridized carbons (Fsp3) is 0.538. The Morgan fingerprint density at radius 1 is 1.40 bits per heavy atom. The van der Waals surface area contributed by atoms with E-state index in [0.29, 0.717) is 13.0 Å². The summed E-state index contributed by atoms with van der Waals surface area (Å²) in [5.74, 6) is -0.348. The van der Waals surface area contributed by atoms with Crippen LogP contribution in [0.1, 0.15) is 18.4 Å². The van der Waals surface area contributed by atoms with E-state index in [-0.39, 0.29) is 25.0 Å². The van der Waals surface area contributed by atoms with Gasteiger partial charge in [-0.15, -0.1) is 0 Å². The molecule has 5 nitrogen and oxygen atoms in total. The molecular formula is C13H19FN2O3S. The summed E-state index contributed by atoms with van der Waals surface area (Å²) in [6.45, 7) is 0.447. The van der Waals surface area contributed by atoms with Gasteiger partial charge in [-0.25, -0.2) is 4.39 Å². The topological polar surface area (TPSA) is 60.9 Å². The number of aliphatic hydroxyl groups is 1. The van der Waals surface area contributed by atoms with Crippen molar-refractivity contribution in [3.05, 3.63) is 35.6 Å². The van der Waals surface area contributed by atoms with Crippen LogP contribution in [0.5, 0.6) is 0 Å². The molecule has 1 aliphatic heterocycles. The monoisotopic (exact) mass is 302 g/mol. The lowest BCUT2D eigenvalue weighted by molar-refractivity contribution is 0.207. The van der Waals surface area contributed by atoms with Gasteiger partial charge in [0.1, 0.15) is 5.82 Å². The largest absolute Gasteiger partial charge is 0.395 e. The van der Waals surface area contributed by atoms with E-state index in [0.717, 1.165) is 12.0 Å². The normalized spacial score (nSPS) is 20.7. The van der Waals surface area contributed by atoms with Crippen LogP contribution in [0, 0.1) is 5.82 Å². The van der Waals surface area contributed by atoms with Gasteiger partial charge in [0, 0.05) is 26.2 Å². The Balaban J connectivity index is 2.11. The second-order valence-electron chi connectivity index (χ2n) is 4.98. The van der Waals surface area contributed by atoms with Crippen LogP contribution < -0.4 is 0 Å². The summed E-state index contributed by atoms with van der Waals surface area (Å²) in [5.41, 5.74) is 0.720. The van der Waals surface area contributed by atoms with Crippen LogP contribution in [-0.4, -0.2) is 48.4 Å². The van der Waals surface area contributed by atoms with E-state index in [4.69, 9.17) is 0 Å². The van der Waals surface area contributed by atoms with Gasteiger partial charge in [0.25, 0.3) is 10.2 Å². The Kier molecular flexibility index (Phi) is 4.74. The van der Waals surface area contributed by atoms with Crippen LogP contribution in [0.4, 0.5) is 4.39 Å². The molecule has 0 aromatic heterocycles. The molecule has 1 atom stereocenters. The highest BCUT2D eigenvalue weighted by Crippen LogP contribution is 2.23. The van der Waals surface area contributed by atoms with Crippen molar-refractivity contribution < 1.29 is 17.9 Å². The first-order valence-corrected chi connectivity index (χ1v) is 7.93. The lowest BCUT2D eigenvalue weighted by Crippen LogP contribution is -2.45. The minimum absolute atomic E-state index is 0.163. The van der Waals surface area contributed by atoms with E-state index >= 15 is 0 Å². The van der Waals surface area contributed by atoms with Crippen LogP contribution in [0.2, 0.25) is 0 Å². The highest BCUT2D eigenvalue weighted by atomic mass is 32.2. The maximum atomic E-state index is 12.8. The maximum Gasteiger partial charge on any atom is 0.282 e. The van der Waals surface area contributed by atoms with Gasteiger partial charge in [-0.05, 0) is 30.5 Å². The minimum atomic E-state index is -3.60. The molecule has 1 N–H and O–H groups in total. The molecule has 0 unspecified atom stereocenters. The van der Waals surface area contributed by atoms with Gasteiger partial charge in [-0.1, -0.05) is 12.1 Å². The molecule has 7 heteroatoms. The molecule has 1 aromatic rings. The van der Waals surface area contributed by atoms with Crippen LogP contribution in [0.3, 0.4) is 0 Å². The molecule has 1 heterocycles. The molecule has 112 valence electrons. The van der Waals surface area contributed by atoms with Crippen molar-refractivity contribution >= 4 is 10.2 Å². The Labute approximate surface area is 118 Å². The molecule has 1 aliphatic rings. The van der Waals surface area contributed by atoms with Crippen molar-refractivity contribution in [3.63, 3.8) is 0 Å². The van der Waals surface area contributed by atoms with Crippen LogP contribution in [0.15, 0.2) is 24.3 Å². The summed E-state index contributed by atoms with van der Waals surface area (Å²) in [5, 5.41) is 9.24. The number of rotatable bonds is 5. The standard InChI is InChI=1S/C13H19FN2O3S/c1-15(9-11-4-6-12(14)7-5-11)20(18,19)16-8-2-3-13(16)10-17/h4-7,13,17H,2-3,8-10H2,1H3/t13-/m0/s1. The van der Waals surface area contributed by atoms with Crippen molar-refractivity contribution in [1.29, 1.82) is 0 Å². The fourth-order valence-electron chi connectivity index (χ4n) is 2.40. The molecule has 0 saturated carbocycles. The average molecular weight is 302 g/mol. The molecule has 20 heavy (non-hydrogen) atoms. The molecular weight excluding hydrogens is 283 g/mol. The molecule has 1 saturated heterocycles. The van der Waals surface area contributed by atoms with Crippen LogP contribution >= 0.6 is 0 Å². The van der Waals surface area contributed by atoms with Gasteiger partial charge in [0.2, 0.25) is 0 Å². The van der Waals surface area contributed by atoms with Crippen LogP contribution in [-0.2, 0) is 16.8 Å². The molecule has 1 aromatic carbocycles. The van der Waals surface area contributed by atoms with Crippen molar-refractivity contribution in [3.8, 4) is 0 Å². The first kappa shape index (κ1) is 15.4. The summed E-state index contributed by atoms with van der Waals surface area (Å²) >= 11 is 0. The van der Waals surface area contributed by atoms with E-state index in [2.05, 4.69) is 0 Å². The van der Waals surface area contributed by atoms with E-state index in [1.807, 2.05) is 0 Å². The lowest BCUT2D eigenvalue weighted by Gasteiger charge is -2.27. The van der Waals surface area contributed by atoms with Crippen molar-refractivity contribution in [2.75, 3.05) is 20.2 Å². The molecule has 0 spiro atoms. The molecule has 0 amide bonds. The van der Waals surface area contributed by atoms with Gasteiger partial charge in [-0.3, -0.25) is 0 Å². The Bertz CT molecular complexity index is 547. The predicted octanol–water partition coefficient (Wildman–Crippen LogP) is 0.959. The lowest BCUT2D eigenvalue weighted by atomic mass is 10.2. The van der Waals surface area contributed by atoms with Crippen molar-refractivity contribution in [2.45, 2.75) is 25.4 Å². The Morgan fingerprint density at radius 2 is 2.05 bits per heavy atom. The highest BCUT2D eigenvalue weighted by molar-refractivity contribution is 7.86. The summed E-state index contributed by atoms with van der Waals surface area (Å²) in [7, 11) is -2.10. The number of nitrogens with zero attached hydrogens (tertiary/aromatic N) is 2. The van der Waals surface area contributed by atoms with Crippen molar-refractivity contribution in [2.24, 2.45) is 0 Å². The summed E-state index contributed by atoms with van der Waals surface area (Å²) in [4.78, 5) is 0. The van der Waals surface area contributed by atoms with E-state index in [1.165, 1.54) is 27.8 Å². The Morgan fingerprint density at radius 3 is 2.65 bits per heavy atom. The molecule has 1 fully saturated rings. The second-order valence-corrected chi connectivity index (χ2v) is 6.97. The minimum Gasteiger partial charge on any atom is -0.395 e. The van der Waals surface area contributed by atoms with Crippen molar-refractivity contribution in [1.82, 2.24) is 8.61 Å². The third-order valence-electron chi connectivity index (χ3n) is 3.54. The SMILES string of the molecule is CN(Cc1ccc(F)cc1)S(=O)(=O)N1CCC[C@H]1CO. The van der Waals surface area contributed by atoms with E-state index in [9.17, 15) is 17.9 Å². The van der Waals surface area contributed by atoms with E-state index in [1.54, 1.807) is 12.1 Å². The van der Waals surface area contributed by atoms with Gasteiger partial charge in [-0.2, -0.15) is 17.0 Å². The number of aliphatic hydroxyl groups excluding tert-OH is 1. The molecule has 0 bridgehead atoms. The zero-order chi connectivity index (χ0) is 14.8. The van der Waals surface area contributed by atoms with Gasteiger partial charge in [0.15, 0.2) is 0 Å². The third kappa shape index (κ3) is 3.17. The maximum absolute atomic E-state index is 12.8. The number of hydrogen-bond acceptors (Lipinski definition) is 3. The summed E-state index contributed by atoms with van der Waals surface area (Å²) < 4.78 is 40.3. The first-order valence-electron chi connectivity index (χ1n) is 6.53. The molecule has 2 rings (SSSR count). The van der Waals surface area contributed by atoms with Gasteiger partial charge in [0.05, 0.1) is 6.61 Å². The predicted molar refractivity (Wildman–Crippen MR) is 73.6 cm³/mol. The summed E-state index contributed by atoms with van der Waals surface area (Å²) in [6, 6.07) is 5.41. The van der Waals surface area contributed by atoms with Gasteiger partial charge < -0.3 is 5.11 Å². The van der Waals surface area contributed by atoms with E-state index < -0.39 is 10.2 Å². The Hall–Kier alpha value is -1.02. The second kappa shape index (κ2) is 6.17. The first-order chi connectivity index (χ1) is 9.45. The fourth-order valence-corrected chi connectivity index (χ4v) is 3.98. The smallest absolute Gasteiger partial charge is 0.282 e. The highest BCUT2D eigenvalue weighted by Gasteiger charge is 2.36. The zero-order valence-electron chi connectivity index (χ0n) is 11.4. The summed E-state index contributed by atoms with van der Waals surface area (Å²) in [6.07, 6.45) is 1.44. The van der Waals surface area contributed by atoms with Crippen LogP contribution in [0.25, 0.3) is 0 Å². The average Bonchev–Trinajstić information content (AvgIpc) is 2.90. The third-order valence-corrected chi connectivity index (χ3v) is 5.53. The zero-order valence-corrected chi connectivity index (χ0v) is 12.2. The van der Waals surface area contributed by atoms with Gasteiger partial charge >= 0.3 is 0 Å². The number of hydrogen-bond donors (Lipinski definition) is 1. The number of halogens is 1. The number of benzene rings is 1. The molecule has 0 aliphatic carbocycles. The quantitative estimate of drug-likeness (QED) is 0.881. The molecule has 0 radical (unpaired) electrons.